The summed E-state index contributed by atoms with van der Waals surface area (Å²) in [5.74, 6) is -3.78. The second-order valence-corrected chi connectivity index (χ2v) is 4.45. The Labute approximate surface area is 109 Å². The van der Waals surface area contributed by atoms with E-state index in [1.807, 2.05) is 6.08 Å². The van der Waals surface area contributed by atoms with Crippen molar-refractivity contribution < 1.29 is 18.3 Å². The molecule has 0 bridgehead atoms. The minimum absolute atomic E-state index is 0.0571. The van der Waals surface area contributed by atoms with E-state index < -0.39 is 17.6 Å². The number of alkyl halides is 2. The van der Waals surface area contributed by atoms with Crippen molar-refractivity contribution in [2.75, 3.05) is 7.11 Å². The molecular weight excluding hydrogens is 254 g/mol. The van der Waals surface area contributed by atoms with Gasteiger partial charge in [-0.15, -0.1) is 0 Å². The summed E-state index contributed by atoms with van der Waals surface area (Å²) >= 11 is 0. The normalized spacial score (nSPS) is 15.3. The van der Waals surface area contributed by atoms with E-state index >= 15 is 0 Å². The third-order valence-corrected chi connectivity index (χ3v) is 2.93. The number of allylic oxidation sites excluding steroid dienone is 2. The maximum atomic E-state index is 13.5. The Balaban J connectivity index is 2.53. The lowest BCUT2D eigenvalue weighted by molar-refractivity contribution is 0.0118. The average molecular weight is 268 g/mol. The van der Waals surface area contributed by atoms with Crippen LogP contribution in [-0.4, -0.2) is 23.0 Å². The van der Waals surface area contributed by atoms with Crippen LogP contribution in [0.1, 0.15) is 48.1 Å². The highest BCUT2D eigenvalue weighted by Crippen LogP contribution is 2.35. The van der Waals surface area contributed by atoms with Gasteiger partial charge in [0, 0.05) is 6.92 Å². The molecule has 0 N–H and O–H groups in total. The van der Waals surface area contributed by atoms with Gasteiger partial charge < -0.3 is 4.74 Å². The van der Waals surface area contributed by atoms with Crippen LogP contribution in [0.3, 0.4) is 0 Å². The second kappa shape index (κ2) is 5.03. The number of hydrogen-bond acceptors (Lipinski definition) is 4. The van der Waals surface area contributed by atoms with E-state index in [4.69, 9.17) is 0 Å². The van der Waals surface area contributed by atoms with E-state index in [2.05, 4.69) is 14.7 Å². The molecule has 0 amide bonds. The van der Waals surface area contributed by atoms with Crippen LogP contribution in [0.15, 0.2) is 12.3 Å². The van der Waals surface area contributed by atoms with Gasteiger partial charge in [0.1, 0.15) is 5.69 Å². The zero-order chi connectivity index (χ0) is 14.0. The minimum atomic E-state index is -3.10. The first-order valence-electron chi connectivity index (χ1n) is 5.96. The molecular formula is C13H14F2N2O2. The van der Waals surface area contributed by atoms with E-state index in [1.54, 1.807) is 0 Å². The fourth-order valence-electron chi connectivity index (χ4n) is 2.02. The Bertz CT molecular complexity index is 536. The molecule has 0 spiro atoms. The lowest BCUT2D eigenvalue weighted by atomic mass is 10.1. The van der Waals surface area contributed by atoms with Crippen molar-refractivity contribution in [3.8, 4) is 0 Å². The fraction of sp³-hybridized carbons (Fsp3) is 0.462. The van der Waals surface area contributed by atoms with Crippen LogP contribution in [0.5, 0.6) is 0 Å². The standard InChI is InChI=1S/C13H14F2N2O2/c1-13(14,15)11-10(8-5-3-4-6-8)17-9(7-16-11)12(18)19-2/h5,7H,3-4,6H2,1-2H3. The SMILES string of the molecule is COC(=O)c1cnc(C(C)(F)F)c(C2=CCCC2)n1. The van der Waals surface area contributed by atoms with Gasteiger partial charge in [0.2, 0.25) is 0 Å². The number of hydrogen-bond donors (Lipinski definition) is 0. The van der Waals surface area contributed by atoms with Gasteiger partial charge in [-0.3, -0.25) is 4.98 Å². The first kappa shape index (κ1) is 13.6. The van der Waals surface area contributed by atoms with Crippen LogP contribution < -0.4 is 0 Å². The van der Waals surface area contributed by atoms with Crippen LogP contribution in [0.25, 0.3) is 5.57 Å². The van der Waals surface area contributed by atoms with Gasteiger partial charge in [0.05, 0.1) is 19.0 Å². The number of nitrogens with zero attached hydrogens (tertiary/aromatic N) is 2. The van der Waals surface area contributed by atoms with Crippen molar-refractivity contribution in [2.45, 2.75) is 32.1 Å². The molecule has 1 aromatic rings. The van der Waals surface area contributed by atoms with E-state index in [-0.39, 0.29) is 11.4 Å². The first-order valence-corrected chi connectivity index (χ1v) is 5.96. The number of carbonyl (C=O) groups excluding carboxylic acids is 1. The molecule has 0 fully saturated rings. The van der Waals surface area contributed by atoms with E-state index in [1.165, 1.54) is 7.11 Å². The van der Waals surface area contributed by atoms with Crippen LogP contribution >= 0.6 is 0 Å². The molecule has 6 heteroatoms. The van der Waals surface area contributed by atoms with Gasteiger partial charge in [-0.05, 0) is 24.8 Å². The Morgan fingerprint density at radius 2 is 2.21 bits per heavy atom. The summed E-state index contributed by atoms with van der Waals surface area (Å²) in [6, 6.07) is 0. The van der Waals surface area contributed by atoms with Crippen molar-refractivity contribution in [2.24, 2.45) is 0 Å². The first-order chi connectivity index (χ1) is 8.93. The Hall–Kier alpha value is -1.85. The lowest BCUT2D eigenvalue weighted by Gasteiger charge is -2.15. The molecule has 0 aliphatic heterocycles. The Morgan fingerprint density at radius 1 is 1.47 bits per heavy atom. The van der Waals surface area contributed by atoms with E-state index in [0.717, 1.165) is 31.5 Å². The number of rotatable bonds is 3. The highest BCUT2D eigenvalue weighted by Gasteiger charge is 2.32. The van der Waals surface area contributed by atoms with Gasteiger partial charge in [-0.25, -0.2) is 9.78 Å². The number of aromatic nitrogens is 2. The van der Waals surface area contributed by atoms with Gasteiger partial charge in [0.25, 0.3) is 5.92 Å². The number of ether oxygens (including phenoxy) is 1. The van der Waals surface area contributed by atoms with Crippen LogP contribution in [0, 0.1) is 0 Å². The van der Waals surface area contributed by atoms with Crippen molar-refractivity contribution in [3.63, 3.8) is 0 Å². The molecule has 0 saturated carbocycles. The number of methoxy groups -OCH3 is 1. The van der Waals surface area contributed by atoms with Crippen molar-refractivity contribution in [1.82, 2.24) is 9.97 Å². The number of halogens is 2. The summed E-state index contributed by atoms with van der Waals surface area (Å²) in [6.45, 7) is 0.772. The van der Waals surface area contributed by atoms with E-state index in [9.17, 15) is 13.6 Å². The van der Waals surface area contributed by atoms with E-state index in [0.29, 0.717) is 6.42 Å². The molecule has 2 rings (SSSR count). The highest BCUT2D eigenvalue weighted by atomic mass is 19.3. The molecule has 19 heavy (non-hydrogen) atoms. The molecule has 102 valence electrons. The van der Waals surface area contributed by atoms with Crippen LogP contribution in [0.4, 0.5) is 8.78 Å². The summed E-state index contributed by atoms with van der Waals surface area (Å²) in [4.78, 5) is 19.1. The van der Waals surface area contributed by atoms with Gasteiger partial charge >= 0.3 is 5.97 Å². The van der Waals surface area contributed by atoms with Gasteiger partial charge in [0.15, 0.2) is 5.69 Å². The fourth-order valence-corrected chi connectivity index (χ4v) is 2.02. The minimum Gasteiger partial charge on any atom is -0.464 e. The molecule has 0 aromatic carbocycles. The van der Waals surface area contributed by atoms with Crippen molar-refractivity contribution >= 4 is 11.5 Å². The van der Waals surface area contributed by atoms with Gasteiger partial charge in [-0.2, -0.15) is 8.78 Å². The largest absolute Gasteiger partial charge is 0.464 e. The predicted octanol–water partition coefficient (Wildman–Crippen LogP) is 2.94. The van der Waals surface area contributed by atoms with Gasteiger partial charge in [-0.1, -0.05) is 6.08 Å². The maximum absolute atomic E-state index is 13.5. The molecule has 0 saturated heterocycles. The molecule has 1 aliphatic rings. The Kier molecular flexibility index (Phi) is 3.59. The monoisotopic (exact) mass is 268 g/mol. The molecule has 0 unspecified atom stereocenters. The lowest BCUT2D eigenvalue weighted by Crippen LogP contribution is -2.17. The molecule has 1 aliphatic carbocycles. The summed E-state index contributed by atoms with van der Waals surface area (Å²) < 4.78 is 31.6. The van der Waals surface area contributed by atoms with Crippen molar-refractivity contribution in [3.05, 3.63) is 29.4 Å². The topological polar surface area (TPSA) is 52.1 Å². The van der Waals surface area contributed by atoms with Crippen molar-refractivity contribution in [1.29, 1.82) is 0 Å². The quantitative estimate of drug-likeness (QED) is 0.791. The third kappa shape index (κ3) is 2.77. The molecule has 0 radical (unpaired) electrons. The summed E-state index contributed by atoms with van der Waals surface area (Å²) in [7, 11) is 1.21. The third-order valence-electron chi connectivity index (χ3n) is 2.93. The predicted molar refractivity (Wildman–Crippen MR) is 64.8 cm³/mol. The highest BCUT2D eigenvalue weighted by molar-refractivity contribution is 5.87. The number of carbonyl (C=O) groups is 1. The number of esters is 1. The summed E-state index contributed by atoms with van der Waals surface area (Å²) in [5, 5.41) is 0. The zero-order valence-electron chi connectivity index (χ0n) is 10.7. The summed E-state index contributed by atoms with van der Waals surface area (Å²) in [5.41, 5.74) is 0.370. The molecule has 1 aromatic heterocycles. The molecule has 0 atom stereocenters. The van der Waals surface area contributed by atoms with Crippen LogP contribution in [-0.2, 0) is 10.7 Å². The maximum Gasteiger partial charge on any atom is 0.358 e. The summed E-state index contributed by atoms with van der Waals surface area (Å²) in [6.07, 6.45) is 5.28. The molecule has 1 heterocycles. The zero-order valence-corrected chi connectivity index (χ0v) is 10.7. The second-order valence-electron chi connectivity index (χ2n) is 4.45. The smallest absolute Gasteiger partial charge is 0.358 e. The van der Waals surface area contributed by atoms with Crippen LogP contribution in [0.2, 0.25) is 0 Å². The Morgan fingerprint density at radius 3 is 2.74 bits per heavy atom. The molecule has 4 nitrogen and oxygen atoms in total. The average Bonchev–Trinajstić information content (AvgIpc) is 2.89.